The Kier molecular flexibility index (Phi) is 6.92. The molecule has 37 heavy (non-hydrogen) atoms. The molecule has 5 aromatic rings. The minimum Gasteiger partial charge on any atom is -0.475 e. The van der Waals surface area contributed by atoms with Crippen molar-refractivity contribution in [1.29, 1.82) is 0 Å². The lowest BCUT2D eigenvalue weighted by atomic mass is 10.2. The molecule has 0 radical (unpaired) electrons. The molecule has 0 aliphatic heterocycles. The van der Waals surface area contributed by atoms with E-state index in [9.17, 15) is 18.0 Å². The fraction of sp³-hybridized carbons (Fsp3) is 0.160. The van der Waals surface area contributed by atoms with Crippen LogP contribution in [0.3, 0.4) is 0 Å². The standard InChI is InChI=1S/C23H20N6O.C2HF3O2/c1-27(15-16-8-5-6-11-24-16)22(30)20-14-19-21(29(20)23-25-12-7-13-26-23)17-9-3-4-10-18(17)28(19)2;3-2(4,5)1(6)7/h3-14H,15H2,1-2H3;(H,6,7). The number of amides is 1. The van der Waals surface area contributed by atoms with E-state index in [1.165, 1.54) is 0 Å². The Hall–Kier alpha value is -4.74. The third-order valence-corrected chi connectivity index (χ3v) is 5.55. The number of carboxylic acid groups (broad SMARTS) is 1. The molecule has 0 atom stereocenters. The first-order valence-corrected chi connectivity index (χ1v) is 10.9. The van der Waals surface area contributed by atoms with Gasteiger partial charge in [0.15, 0.2) is 0 Å². The van der Waals surface area contributed by atoms with E-state index >= 15 is 0 Å². The molecule has 0 unspecified atom stereocenters. The van der Waals surface area contributed by atoms with Crippen molar-refractivity contribution in [2.45, 2.75) is 12.7 Å². The largest absolute Gasteiger partial charge is 0.490 e. The number of alkyl halides is 3. The van der Waals surface area contributed by atoms with Crippen LogP contribution in [-0.4, -0.2) is 59.2 Å². The number of aryl methyl sites for hydroxylation is 1. The highest BCUT2D eigenvalue weighted by Crippen LogP contribution is 2.32. The van der Waals surface area contributed by atoms with E-state index in [2.05, 4.69) is 31.7 Å². The molecule has 190 valence electrons. The van der Waals surface area contributed by atoms with Crippen molar-refractivity contribution in [3.05, 3.63) is 84.6 Å². The molecule has 0 bridgehead atoms. The number of pyridine rings is 1. The molecule has 5 rings (SSSR count). The molecule has 0 spiro atoms. The normalized spacial score (nSPS) is 11.3. The first kappa shape index (κ1) is 25.4. The van der Waals surface area contributed by atoms with E-state index in [1.807, 2.05) is 48.0 Å². The zero-order valence-electron chi connectivity index (χ0n) is 19.7. The lowest BCUT2D eigenvalue weighted by Gasteiger charge is -2.18. The average molecular weight is 510 g/mol. The number of benzene rings is 1. The summed E-state index contributed by atoms with van der Waals surface area (Å²) in [6.45, 7) is 0.414. The average Bonchev–Trinajstić information content (AvgIpc) is 3.40. The van der Waals surface area contributed by atoms with E-state index in [0.29, 0.717) is 18.2 Å². The second-order valence-corrected chi connectivity index (χ2v) is 8.01. The van der Waals surface area contributed by atoms with Crippen molar-refractivity contribution >= 4 is 33.8 Å². The van der Waals surface area contributed by atoms with Crippen molar-refractivity contribution in [2.75, 3.05) is 7.05 Å². The summed E-state index contributed by atoms with van der Waals surface area (Å²) in [5.41, 5.74) is 4.32. The number of fused-ring (bicyclic) bond motifs is 3. The van der Waals surface area contributed by atoms with Gasteiger partial charge in [-0.25, -0.2) is 14.8 Å². The van der Waals surface area contributed by atoms with Crippen molar-refractivity contribution in [2.24, 2.45) is 7.05 Å². The number of carbonyl (C=O) groups excluding carboxylic acids is 1. The van der Waals surface area contributed by atoms with E-state index in [0.717, 1.165) is 27.6 Å². The van der Waals surface area contributed by atoms with Gasteiger partial charge in [-0.1, -0.05) is 24.3 Å². The number of carboxylic acids is 1. The van der Waals surface area contributed by atoms with Crippen LogP contribution in [0.4, 0.5) is 13.2 Å². The Morgan fingerprint density at radius 3 is 2.19 bits per heavy atom. The van der Waals surface area contributed by atoms with Gasteiger partial charge in [0.05, 0.1) is 28.8 Å². The molecule has 4 aromatic heterocycles. The minimum atomic E-state index is -5.08. The molecule has 1 amide bonds. The fourth-order valence-corrected chi connectivity index (χ4v) is 3.88. The highest BCUT2D eigenvalue weighted by molar-refractivity contribution is 6.10. The third-order valence-electron chi connectivity index (χ3n) is 5.55. The Morgan fingerprint density at radius 1 is 0.946 bits per heavy atom. The van der Waals surface area contributed by atoms with Gasteiger partial charge in [-0.2, -0.15) is 13.2 Å². The maximum absolute atomic E-state index is 13.5. The number of halogens is 3. The summed E-state index contributed by atoms with van der Waals surface area (Å²) in [6, 6.07) is 17.5. The maximum Gasteiger partial charge on any atom is 0.490 e. The van der Waals surface area contributed by atoms with E-state index in [4.69, 9.17) is 9.90 Å². The molecule has 1 aromatic carbocycles. The predicted molar refractivity (Wildman–Crippen MR) is 129 cm³/mol. The van der Waals surface area contributed by atoms with Crippen LogP contribution < -0.4 is 0 Å². The second-order valence-electron chi connectivity index (χ2n) is 8.01. The van der Waals surface area contributed by atoms with E-state index in [-0.39, 0.29) is 5.91 Å². The highest BCUT2D eigenvalue weighted by Gasteiger charge is 2.38. The van der Waals surface area contributed by atoms with Gasteiger partial charge in [-0.05, 0) is 30.3 Å². The quantitative estimate of drug-likeness (QED) is 0.388. The lowest BCUT2D eigenvalue weighted by molar-refractivity contribution is -0.192. The molecular formula is C25H21F3N6O3. The summed E-state index contributed by atoms with van der Waals surface area (Å²) < 4.78 is 35.7. The van der Waals surface area contributed by atoms with Crippen molar-refractivity contribution < 1.29 is 27.9 Å². The monoisotopic (exact) mass is 510 g/mol. The Labute approximate surface area is 208 Å². The molecule has 0 aliphatic carbocycles. The van der Waals surface area contributed by atoms with Gasteiger partial charge in [0, 0.05) is 38.1 Å². The first-order chi connectivity index (χ1) is 17.6. The fourth-order valence-electron chi connectivity index (χ4n) is 3.88. The number of hydrogen-bond donors (Lipinski definition) is 1. The number of carbonyl (C=O) groups is 2. The number of nitrogens with zero attached hydrogens (tertiary/aromatic N) is 6. The van der Waals surface area contributed by atoms with Gasteiger partial charge < -0.3 is 14.6 Å². The summed E-state index contributed by atoms with van der Waals surface area (Å²) in [6.07, 6.45) is 0.0188. The molecule has 12 heteroatoms. The second kappa shape index (κ2) is 10.1. The topological polar surface area (TPSA) is 106 Å². The van der Waals surface area contributed by atoms with Gasteiger partial charge >= 0.3 is 12.1 Å². The Morgan fingerprint density at radius 2 is 1.57 bits per heavy atom. The molecule has 9 nitrogen and oxygen atoms in total. The number of aliphatic carboxylic acids is 1. The lowest BCUT2D eigenvalue weighted by Crippen LogP contribution is -2.28. The minimum absolute atomic E-state index is 0.117. The van der Waals surface area contributed by atoms with Gasteiger partial charge in [-0.15, -0.1) is 0 Å². The smallest absolute Gasteiger partial charge is 0.475 e. The predicted octanol–water partition coefficient (Wildman–Crippen LogP) is 4.21. The van der Waals surface area contributed by atoms with Crippen LogP contribution >= 0.6 is 0 Å². The highest BCUT2D eigenvalue weighted by atomic mass is 19.4. The molecule has 4 heterocycles. The van der Waals surface area contributed by atoms with Crippen molar-refractivity contribution in [3.63, 3.8) is 0 Å². The van der Waals surface area contributed by atoms with Gasteiger partial charge in [0.25, 0.3) is 5.91 Å². The summed E-state index contributed by atoms with van der Waals surface area (Å²) in [5, 5.41) is 8.17. The summed E-state index contributed by atoms with van der Waals surface area (Å²) in [7, 11) is 3.79. The SMILES string of the molecule is CN(Cc1ccccn1)C(=O)c1cc2c(c3ccccc3n2C)n1-c1ncccn1.O=C(O)C(F)(F)F. The molecule has 0 aliphatic rings. The van der Waals surface area contributed by atoms with Crippen molar-refractivity contribution in [1.82, 2.24) is 29.0 Å². The number of para-hydroxylation sites is 1. The molecular weight excluding hydrogens is 489 g/mol. The number of hydrogen-bond acceptors (Lipinski definition) is 5. The zero-order valence-corrected chi connectivity index (χ0v) is 19.7. The van der Waals surface area contributed by atoms with Gasteiger partial charge in [-0.3, -0.25) is 14.3 Å². The summed E-state index contributed by atoms with van der Waals surface area (Å²) in [5.74, 6) is -2.40. The van der Waals surface area contributed by atoms with E-state index in [1.54, 1.807) is 36.6 Å². The molecule has 0 saturated carbocycles. The van der Waals surface area contributed by atoms with Crippen LogP contribution in [0.15, 0.2) is 73.2 Å². The summed E-state index contributed by atoms with van der Waals surface area (Å²) in [4.78, 5) is 37.2. The first-order valence-electron chi connectivity index (χ1n) is 10.9. The van der Waals surface area contributed by atoms with E-state index < -0.39 is 12.1 Å². The third kappa shape index (κ3) is 5.13. The van der Waals surface area contributed by atoms with Crippen LogP contribution in [0, 0.1) is 0 Å². The van der Waals surface area contributed by atoms with Crippen molar-refractivity contribution in [3.8, 4) is 5.95 Å². The molecule has 0 saturated heterocycles. The molecule has 0 fully saturated rings. The molecule has 1 N–H and O–H groups in total. The van der Waals surface area contributed by atoms with Gasteiger partial charge in [0.1, 0.15) is 5.69 Å². The Balaban J connectivity index is 0.000000405. The summed E-state index contributed by atoms with van der Waals surface area (Å²) >= 11 is 0. The van der Waals surface area contributed by atoms with Crippen LogP contribution in [0.1, 0.15) is 16.2 Å². The zero-order chi connectivity index (χ0) is 26.7. The van der Waals surface area contributed by atoms with Crippen LogP contribution in [0.25, 0.3) is 27.9 Å². The number of rotatable bonds is 4. The number of aromatic nitrogens is 5. The van der Waals surface area contributed by atoms with Crippen LogP contribution in [0.5, 0.6) is 0 Å². The van der Waals surface area contributed by atoms with Crippen LogP contribution in [-0.2, 0) is 18.4 Å². The van der Waals surface area contributed by atoms with Gasteiger partial charge in [0.2, 0.25) is 5.95 Å². The van der Waals surface area contributed by atoms with Crippen LogP contribution in [0.2, 0.25) is 0 Å². The maximum atomic E-state index is 13.5. The Bertz CT molecular complexity index is 1560.